The summed E-state index contributed by atoms with van der Waals surface area (Å²) in [6.45, 7) is 12.0. The Balaban J connectivity index is 1.68. The zero-order chi connectivity index (χ0) is 18.5. The molecule has 26 heavy (non-hydrogen) atoms. The molecule has 1 fully saturated rings. The Kier molecular flexibility index (Phi) is 5.96. The van der Waals surface area contributed by atoms with E-state index >= 15 is 0 Å². The molecule has 2 aromatic heterocycles. The maximum atomic E-state index is 5.25. The fraction of sp³-hybridized carbons (Fsp3) is 0.632. The number of nitrogens with one attached hydrogen (secondary N) is 1. The summed E-state index contributed by atoms with van der Waals surface area (Å²) in [6.07, 6.45) is 7.84. The van der Waals surface area contributed by atoms with Crippen LogP contribution in [0.2, 0.25) is 0 Å². The van der Waals surface area contributed by atoms with Gasteiger partial charge in [-0.3, -0.25) is 4.99 Å². The van der Waals surface area contributed by atoms with E-state index in [0.29, 0.717) is 12.0 Å². The van der Waals surface area contributed by atoms with Crippen LogP contribution in [0, 0.1) is 19.8 Å². The highest BCUT2D eigenvalue weighted by atomic mass is 16.5. The number of aliphatic imine (C=N–C) groups is 1. The van der Waals surface area contributed by atoms with Crippen molar-refractivity contribution in [3.05, 3.63) is 35.7 Å². The predicted molar refractivity (Wildman–Crippen MR) is 102 cm³/mol. The van der Waals surface area contributed by atoms with Gasteiger partial charge < -0.3 is 19.3 Å². The number of aromatic nitrogens is 3. The Labute approximate surface area is 155 Å². The number of imidazole rings is 1. The minimum Gasteiger partial charge on any atom is -0.361 e. The first-order chi connectivity index (χ1) is 12.6. The van der Waals surface area contributed by atoms with Crippen molar-refractivity contribution in [1.29, 1.82) is 0 Å². The molecule has 0 spiro atoms. The van der Waals surface area contributed by atoms with Gasteiger partial charge in [-0.2, -0.15) is 0 Å². The minimum absolute atomic E-state index is 0.428. The van der Waals surface area contributed by atoms with E-state index in [1.54, 1.807) is 0 Å². The number of hydrogen-bond acceptors (Lipinski definition) is 4. The minimum atomic E-state index is 0.428. The first-order valence-corrected chi connectivity index (χ1v) is 9.52. The number of guanidine groups is 1. The summed E-state index contributed by atoms with van der Waals surface area (Å²) in [5.74, 6) is 2.52. The van der Waals surface area contributed by atoms with Crippen LogP contribution >= 0.6 is 0 Å². The lowest BCUT2D eigenvalue weighted by atomic mass is 9.93. The molecule has 0 aliphatic carbocycles. The van der Waals surface area contributed by atoms with E-state index in [9.17, 15) is 0 Å². The van der Waals surface area contributed by atoms with Crippen molar-refractivity contribution in [1.82, 2.24) is 24.9 Å². The number of aryl methyl sites for hydroxylation is 2. The monoisotopic (exact) mass is 358 g/mol. The van der Waals surface area contributed by atoms with Gasteiger partial charge >= 0.3 is 0 Å². The third kappa shape index (κ3) is 4.08. The summed E-state index contributed by atoms with van der Waals surface area (Å²) in [5, 5.41) is 7.48. The Morgan fingerprint density at radius 1 is 1.42 bits per heavy atom. The highest BCUT2D eigenvalue weighted by Crippen LogP contribution is 2.27. The molecular formula is C19H30N6O. The van der Waals surface area contributed by atoms with Crippen LogP contribution < -0.4 is 5.32 Å². The molecule has 1 saturated heterocycles. The van der Waals surface area contributed by atoms with Crippen LogP contribution in [0.25, 0.3) is 0 Å². The Morgan fingerprint density at radius 3 is 2.92 bits per heavy atom. The van der Waals surface area contributed by atoms with Crippen LogP contribution in [-0.2, 0) is 6.42 Å². The van der Waals surface area contributed by atoms with Crippen LogP contribution in [0.3, 0.4) is 0 Å². The average Bonchev–Trinajstić information content (AvgIpc) is 3.27. The van der Waals surface area contributed by atoms with Crippen molar-refractivity contribution in [2.75, 3.05) is 26.2 Å². The smallest absolute Gasteiger partial charge is 0.193 e. The van der Waals surface area contributed by atoms with E-state index in [-0.39, 0.29) is 0 Å². The van der Waals surface area contributed by atoms with Crippen LogP contribution in [0.15, 0.2) is 28.2 Å². The summed E-state index contributed by atoms with van der Waals surface area (Å²) in [7, 11) is 0. The highest BCUT2D eigenvalue weighted by Gasteiger charge is 2.28. The van der Waals surface area contributed by atoms with Crippen molar-refractivity contribution >= 4 is 5.96 Å². The molecule has 0 saturated carbocycles. The Hall–Kier alpha value is -2.31. The second-order valence-electron chi connectivity index (χ2n) is 7.08. The normalized spacial score (nSPS) is 21.2. The van der Waals surface area contributed by atoms with E-state index in [4.69, 9.17) is 9.52 Å². The van der Waals surface area contributed by atoms with Crippen molar-refractivity contribution in [3.63, 3.8) is 0 Å². The first kappa shape index (κ1) is 18.5. The second kappa shape index (κ2) is 8.38. The van der Waals surface area contributed by atoms with E-state index < -0.39 is 0 Å². The molecule has 0 aromatic carbocycles. The quantitative estimate of drug-likeness (QED) is 0.657. The largest absolute Gasteiger partial charge is 0.361 e. The van der Waals surface area contributed by atoms with Gasteiger partial charge in [0.25, 0.3) is 0 Å². The molecule has 1 N–H and O–H groups in total. The molecule has 7 nitrogen and oxygen atoms in total. The van der Waals surface area contributed by atoms with Gasteiger partial charge in [-0.05, 0) is 39.5 Å². The zero-order valence-corrected chi connectivity index (χ0v) is 16.3. The molecule has 0 bridgehead atoms. The number of nitrogens with zero attached hydrogens (tertiary/aromatic N) is 5. The maximum Gasteiger partial charge on any atom is 0.193 e. The topological polar surface area (TPSA) is 71.5 Å². The lowest BCUT2D eigenvalue weighted by Gasteiger charge is -2.39. The van der Waals surface area contributed by atoms with Gasteiger partial charge in [0.15, 0.2) is 5.96 Å². The van der Waals surface area contributed by atoms with E-state index in [1.165, 1.54) is 5.56 Å². The molecule has 2 atom stereocenters. The number of piperidine rings is 1. The number of hydrogen-bond donors (Lipinski definition) is 1. The van der Waals surface area contributed by atoms with Gasteiger partial charge in [0, 0.05) is 44.1 Å². The Bertz CT molecular complexity index is 701. The summed E-state index contributed by atoms with van der Waals surface area (Å²) >= 11 is 0. The number of rotatable bonds is 5. The SMILES string of the molecule is CCNC(=NCCc1c(C)noc1C)N1CCC(C)C(n2ccnc2)C1. The van der Waals surface area contributed by atoms with Crippen LogP contribution in [0.1, 0.15) is 43.3 Å². The molecule has 1 aliphatic heterocycles. The van der Waals surface area contributed by atoms with Crippen molar-refractivity contribution < 1.29 is 4.52 Å². The first-order valence-electron chi connectivity index (χ1n) is 9.52. The van der Waals surface area contributed by atoms with E-state index in [2.05, 4.69) is 45.0 Å². The van der Waals surface area contributed by atoms with Crippen molar-refractivity contribution in [2.45, 2.75) is 46.6 Å². The zero-order valence-electron chi connectivity index (χ0n) is 16.3. The summed E-state index contributed by atoms with van der Waals surface area (Å²) in [5.41, 5.74) is 2.14. The molecule has 3 rings (SSSR count). The van der Waals surface area contributed by atoms with Crippen LogP contribution in [-0.4, -0.2) is 51.7 Å². The number of likely N-dealkylation sites (tertiary alicyclic amines) is 1. The fourth-order valence-electron chi connectivity index (χ4n) is 3.65. The van der Waals surface area contributed by atoms with E-state index in [1.807, 2.05) is 26.4 Å². The van der Waals surface area contributed by atoms with Gasteiger partial charge in [-0.15, -0.1) is 0 Å². The fourth-order valence-corrected chi connectivity index (χ4v) is 3.65. The average molecular weight is 358 g/mol. The van der Waals surface area contributed by atoms with Gasteiger partial charge in [0.2, 0.25) is 0 Å². The molecular weight excluding hydrogens is 328 g/mol. The van der Waals surface area contributed by atoms with Crippen LogP contribution in [0.4, 0.5) is 0 Å². The summed E-state index contributed by atoms with van der Waals surface area (Å²) < 4.78 is 7.48. The third-order valence-corrected chi connectivity index (χ3v) is 5.27. The molecule has 1 aliphatic rings. The standard InChI is InChI=1S/C19H30N6O/c1-5-21-19(22-8-6-17-15(3)23-26-16(17)4)24-10-7-14(2)18(12-24)25-11-9-20-13-25/h9,11,13-14,18H,5-8,10,12H2,1-4H3,(H,21,22). The molecule has 0 amide bonds. The van der Waals surface area contributed by atoms with Crippen LogP contribution in [0.5, 0.6) is 0 Å². The van der Waals surface area contributed by atoms with Crippen molar-refractivity contribution in [3.8, 4) is 0 Å². The summed E-state index contributed by atoms with van der Waals surface area (Å²) in [6, 6.07) is 0.428. The Morgan fingerprint density at radius 2 is 2.27 bits per heavy atom. The molecule has 3 heterocycles. The van der Waals surface area contributed by atoms with Gasteiger partial charge in [0.05, 0.1) is 18.1 Å². The lowest BCUT2D eigenvalue weighted by molar-refractivity contribution is 0.189. The maximum absolute atomic E-state index is 5.25. The molecule has 7 heteroatoms. The highest BCUT2D eigenvalue weighted by molar-refractivity contribution is 5.80. The van der Waals surface area contributed by atoms with Gasteiger partial charge in [-0.25, -0.2) is 4.98 Å². The van der Waals surface area contributed by atoms with Crippen molar-refractivity contribution in [2.24, 2.45) is 10.9 Å². The molecule has 142 valence electrons. The molecule has 2 aromatic rings. The molecule has 2 unspecified atom stereocenters. The predicted octanol–water partition coefficient (Wildman–Crippen LogP) is 2.58. The van der Waals surface area contributed by atoms with Gasteiger partial charge in [-0.1, -0.05) is 12.1 Å². The molecule has 0 radical (unpaired) electrons. The third-order valence-electron chi connectivity index (χ3n) is 5.27. The lowest BCUT2D eigenvalue weighted by Crippen LogP contribution is -2.49. The van der Waals surface area contributed by atoms with E-state index in [0.717, 1.165) is 56.4 Å². The summed E-state index contributed by atoms with van der Waals surface area (Å²) in [4.78, 5) is 11.5. The second-order valence-corrected chi connectivity index (χ2v) is 7.08. The van der Waals surface area contributed by atoms with Gasteiger partial charge in [0.1, 0.15) is 5.76 Å².